The van der Waals surface area contributed by atoms with Gasteiger partial charge in [-0.05, 0) is 25.3 Å². The van der Waals surface area contributed by atoms with Gasteiger partial charge < -0.3 is 10.6 Å². The fourth-order valence-corrected chi connectivity index (χ4v) is 2.75. The molecular formula is C16H17N3O2S. The Hall–Kier alpha value is -2.21. The lowest BCUT2D eigenvalue weighted by Gasteiger charge is -2.04. The van der Waals surface area contributed by atoms with E-state index in [1.807, 2.05) is 31.2 Å². The molecule has 2 N–H and O–H groups in total. The summed E-state index contributed by atoms with van der Waals surface area (Å²) in [6.07, 6.45) is 2.06. The van der Waals surface area contributed by atoms with Gasteiger partial charge in [-0.2, -0.15) is 0 Å². The summed E-state index contributed by atoms with van der Waals surface area (Å²) in [5, 5.41) is 7.64. The Kier molecular flexibility index (Phi) is 4.20. The van der Waals surface area contributed by atoms with Crippen LogP contribution in [0.5, 0.6) is 0 Å². The maximum Gasteiger partial charge on any atom is 0.280 e. The molecule has 6 heteroatoms. The SMILES string of the molecule is Cc1cccc(CNC(=O)c2csc(C(=O)NC3CC3)n2)c1. The van der Waals surface area contributed by atoms with Crippen LogP contribution in [0.3, 0.4) is 0 Å². The number of hydrogen-bond donors (Lipinski definition) is 2. The molecule has 22 heavy (non-hydrogen) atoms. The van der Waals surface area contributed by atoms with Gasteiger partial charge >= 0.3 is 0 Å². The van der Waals surface area contributed by atoms with Gasteiger partial charge in [0.1, 0.15) is 5.69 Å². The van der Waals surface area contributed by atoms with Gasteiger partial charge in [-0.3, -0.25) is 9.59 Å². The number of benzene rings is 1. The number of aromatic nitrogens is 1. The van der Waals surface area contributed by atoms with Crippen molar-refractivity contribution in [3.63, 3.8) is 0 Å². The minimum atomic E-state index is -0.261. The minimum Gasteiger partial charge on any atom is -0.347 e. The monoisotopic (exact) mass is 315 g/mol. The summed E-state index contributed by atoms with van der Waals surface area (Å²) in [6, 6.07) is 8.24. The third-order valence-electron chi connectivity index (χ3n) is 3.38. The molecule has 0 aliphatic heterocycles. The number of hydrogen-bond acceptors (Lipinski definition) is 4. The van der Waals surface area contributed by atoms with Crippen LogP contribution in [0.1, 0.15) is 44.3 Å². The van der Waals surface area contributed by atoms with Gasteiger partial charge in [-0.25, -0.2) is 4.98 Å². The Morgan fingerprint density at radius 1 is 1.32 bits per heavy atom. The number of carbonyl (C=O) groups excluding carboxylic acids is 2. The number of aryl methyl sites for hydroxylation is 1. The van der Waals surface area contributed by atoms with Crippen molar-refractivity contribution in [3.8, 4) is 0 Å². The summed E-state index contributed by atoms with van der Waals surface area (Å²) in [5.74, 6) is -0.450. The topological polar surface area (TPSA) is 71.1 Å². The Labute approximate surface area is 132 Å². The summed E-state index contributed by atoms with van der Waals surface area (Å²) in [7, 11) is 0. The molecule has 0 saturated heterocycles. The lowest BCUT2D eigenvalue weighted by molar-refractivity contribution is 0.0945. The van der Waals surface area contributed by atoms with Crippen molar-refractivity contribution in [2.45, 2.75) is 32.4 Å². The first kappa shape index (κ1) is 14.7. The average molecular weight is 315 g/mol. The van der Waals surface area contributed by atoms with Gasteiger partial charge in [0, 0.05) is 18.0 Å². The van der Waals surface area contributed by atoms with Crippen molar-refractivity contribution >= 4 is 23.2 Å². The van der Waals surface area contributed by atoms with Crippen molar-refractivity contribution < 1.29 is 9.59 Å². The summed E-state index contributed by atoms with van der Waals surface area (Å²) >= 11 is 1.20. The largest absolute Gasteiger partial charge is 0.347 e. The quantitative estimate of drug-likeness (QED) is 0.889. The highest BCUT2D eigenvalue weighted by atomic mass is 32.1. The number of rotatable bonds is 5. The normalized spacial score (nSPS) is 13.7. The van der Waals surface area contributed by atoms with Crippen molar-refractivity contribution in [1.82, 2.24) is 15.6 Å². The maximum absolute atomic E-state index is 12.1. The van der Waals surface area contributed by atoms with E-state index in [0.717, 1.165) is 24.0 Å². The highest BCUT2D eigenvalue weighted by Crippen LogP contribution is 2.20. The summed E-state index contributed by atoms with van der Waals surface area (Å²) in [6.45, 7) is 2.46. The van der Waals surface area contributed by atoms with E-state index < -0.39 is 0 Å². The molecule has 5 nitrogen and oxygen atoms in total. The van der Waals surface area contributed by atoms with Crippen LogP contribution in [-0.2, 0) is 6.54 Å². The van der Waals surface area contributed by atoms with Crippen LogP contribution in [0.25, 0.3) is 0 Å². The second kappa shape index (κ2) is 6.27. The van der Waals surface area contributed by atoms with Crippen molar-refractivity contribution in [3.05, 3.63) is 51.5 Å². The van der Waals surface area contributed by atoms with E-state index in [9.17, 15) is 9.59 Å². The fraction of sp³-hybridized carbons (Fsp3) is 0.312. The van der Waals surface area contributed by atoms with Gasteiger partial charge in [0.05, 0.1) is 0 Å². The van der Waals surface area contributed by atoms with Gasteiger partial charge in [0.25, 0.3) is 11.8 Å². The molecule has 0 spiro atoms. The van der Waals surface area contributed by atoms with Crippen molar-refractivity contribution in [2.24, 2.45) is 0 Å². The van der Waals surface area contributed by atoms with E-state index in [-0.39, 0.29) is 17.9 Å². The van der Waals surface area contributed by atoms with E-state index in [0.29, 0.717) is 17.2 Å². The van der Waals surface area contributed by atoms with Crippen LogP contribution in [0, 0.1) is 6.92 Å². The highest BCUT2D eigenvalue weighted by molar-refractivity contribution is 7.11. The van der Waals surface area contributed by atoms with E-state index in [1.54, 1.807) is 5.38 Å². The Morgan fingerprint density at radius 2 is 2.14 bits per heavy atom. The standard InChI is InChI=1S/C16H17N3O2S/c1-10-3-2-4-11(7-10)8-17-14(20)13-9-22-16(19-13)15(21)18-12-5-6-12/h2-4,7,9,12H,5-6,8H2,1H3,(H,17,20)(H,18,21). The van der Waals surface area contributed by atoms with Crippen LogP contribution < -0.4 is 10.6 Å². The van der Waals surface area contributed by atoms with Crippen molar-refractivity contribution in [2.75, 3.05) is 0 Å². The lowest BCUT2D eigenvalue weighted by atomic mass is 10.1. The molecule has 1 aromatic heterocycles. The predicted molar refractivity (Wildman–Crippen MR) is 85.0 cm³/mol. The average Bonchev–Trinajstić information content (AvgIpc) is 3.17. The van der Waals surface area contributed by atoms with Crippen LogP contribution in [-0.4, -0.2) is 22.8 Å². The second-order valence-electron chi connectivity index (χ2n) is 5.46. The molecule has 1 heterocycles. The molecule has 1 aliphatic carbocycles. The predicted octanol–water partition coefficient (Wildman–Crippen LogP) is 2.27. The zero-order chi connectivity index (χ0) is 15.5. The molecule has 3 rings (SSSR count). The molecule has 2 aromatic rings. The Balaban J connectivity index is 1.58. The zero-order valence-electron chi connectivity index (χ0n) is 12.3. The zero-order valence-corrected chi connectivity index (χ0v) is 13.1. The maximum atomic E-state index is 12.1. The minimum absolute atomic E-state index is 0.190. The van der Waals surface area contributed by atoms with Crippen LogP contribution in [0.2, 0.25) is 0 Å². The molecule has 114 valence electrons. The number of nitrogens with one attached hydrogen (secondary N) is 2. The number of nitrogens with zero attached hydrogens (tertiary/aromatic N) is 1. The molecule has 0 unspecified atom stereocenters. The molecule has 1 aliphatic rings. The number of carbonyl (C=O) groups is 2. The number of amides is 2. The first-order valence-corrected chi connectivity index (χ1v) is 8.10. The Bertz CT molecular complexity index is 707. The summed E-state index contributed by atoms with van der Waals surface area (Å²) in [5.41, 5.74) is 2.48. The van der Waals surface area contributed by atoms with Crippen LogP contribution >= 0.6 is 11.3 Å². The Morgan fingerprint density at radius 3 is 2.86 bits per heavy atom. The van der Waals surface area contributed by atoms with E-state index in [1.165, 1.54) is 11.3 Å². The first-order chi connectivity index (χ1) is 10.6. The molecule has 1 aromatic carbocycles. The van der Waals surface area contributed by atoms with E-state index in [2.05, 4.69) is 15.6 Å². The fourth-order valence-electron chi connectivity index (χ4n) is 2.05. The molecule has 0 atom stereocenters. The molecule has 2 amide bonds. The second-order valence-corrected chi connectivity index (χ2v) is 6.32. The smallest absolute Gasteiger partial charge is 0.280 e. The number of thiazole rings is 1. The van der Waals surface area contributed by atoms with Crippen LogP contribution in [0.15, 0.2) is 29.6 Å². The third kappa shape index (κ3) is 3.71. The molecular weight excluding hydrogens is 298 g/mol. The van der Waals surface area contributed by atoms with Gasteiger partial charge in [-0.1, -0.05) is 29.8 Å². The lowest BCUT2D eigenvalue weighted by Crippen LogP contribution is -2.26. The molecule has 1 saturated carbocycles. The van der Waals surface area contributed by atoms with Gasteiger partial charge in [-0.15, -0.1) is 11.3 Å². The van der Waals surface area contributed by atoms with E-state index >= 15 is 0 Å². The van der Waals surface area contributed by atoms with Crippen molar-refractivity contribution in [1.29, 1.82) is 0 Å². The highest BCUT2D eigenvalue weighted by Gasteiger charge is 2.25. The molecule has 1 fully saturated rings. The van der Waals surface area contributed by atoms with E-state index in [4.69, 9.17) is 0 Å². The van der Waals surface area contributed by atoms with Crippen LogP contribution in [0.4, 0.5) is 0 Å². The molecule has 0 bridgehead atoms. The molecule has 0 radical (unpaired) electrons. The third-order valence-corrected chi connectivity index (χ3v) is 4.22. The van der Waals surface area contributed by atoms with Gasteiger partial charge in [0.15, 0.2) is 5.01 Å². The summed E-state index contributed by atoms with van der Waals surface area (Å²) < 4.78 is 0. The first-order valence-electron chi connectivity index (χ1n) is 7.22. The summed E-state index contributed by atoms with van der Waals surface area (Å²) in [4.78, 5) is 28.0. The van der Waals surface area contributed by atoms with Gasteiger partial charge in [0.2, 0.25) is 0 Å².